The predicted octanol–water partition coefficient (Wildman–Crippen LogP) is 3.25. The number of nitro groups is 1. The Hall–Kier alpha value is -2.11. The highest BCUT2D eigenvalue weighted by Crippen LogP contribution is 2.18. The van der Waals surface area contributed by atoms with Crippen molar-refractivity contribution in [1.29, 1.82) is 0 Å². The first-order valence-electron chi connectivity index (χ1n) is 6.08. The van der Waals surface area contributed by atoms with Gasteiger partial charge in [-0.15, -0.1) is 0 Å². The van der Waals surface area contributed by atoms with Crippen molar-refractivity contribution in [3.05, 3.63) is 34.4 Å². The number of non-ortho nitro benzene ring substituents is 1. The zero-order valence-corrected chi connectivity index (χ0v) is 11.6. The number of anilines is 1. The van der Waals surface area contributed by atoms with E-state index in [2.05, 4.69) is 5.32 Å². The van der Waals surface area contributed by atoms with Crippen LogP contribution in [0.25, 0.3) is 0 Å². The number of nitro benzene ring substituents is 1. The second kappa shape index (κ2) is 5.69. The minimum Gasteiger partial charge on any atom is -0.320 e. The van der Waals surface area contributed by atoms with Gasteiger partial charge in [-0.1, -0.05) is 0 Å². The maximum Gasteiger partial charge on any atom is 0.322 e. The molecular weight excluding hydrogens is 246 g/mol. The molecule has 0 spiro atoms. The first-order valence-corrected chi connectivity index (χ1v) is 6.08. The number of hydrogen-bond acceptors (Lipinski definition) is 3. The SMILES string of the molecule is CCN(C(=O)Nc1ccc([N+](=O)[O-])cc1)C(C)(C)C. The van der Waals surface area contributed by atoms with Gasteiger partial charge in [-0.25, -0.2) is 4.79 Å². The molecule has 0 unspecified atom stereocenters. The van der Waals surface area contributed by atoms with Crippen LogP contribution in [0.15, 0.2) is 24.3 Å². The van der Waals surface area contributed by atoms with Gasteiger partial charge in [0.2, 0.25) is 0 Å². The summed E-state index contributed by atoms with van der Waals surface area (Å²) in [5.41, 5.74) is 0.263. The van der Waals surface area contributed by atoms with Crippen molar-refractivity contribution in [3.63, 3.8) is 0 Å². The molecule has 0 fully saturated rings. The second-order valence-corrected chi connectivity index (χ2v) is 5.15. The van der Waals surface area contributed by atoms with E-state index >= 15 is 0 Å². The smallest absolute Gasteiger partial charge is 0.320 e. The molecule has 0 aliphatic rings. The van der Waals surface area contributed by atoms with Crippen molar-refractivity contribution in [2.75, 3.05) is 11.9 Å². The molecule has 104 valence electrons. The van der Waals surface area contributed by atoms with Crippen molar-refractivity contribution in [1.82, 2.24) is 4.90 Å². The number of nitrogens with one attached hydrogen (secondary N) is 1. The molecule has 1 aromatic carbocycles. The van der Waals surface area contributed by atoms with Crippen molar-refractivity contribution in [3.8, 4) is 0 Å². The summed E-state index contributed by atoms with van der Waals surface area (Å²) < 4.78 is 0. The molecule has 2 amide bonds. The first-order chi connectivity index (χ1) is 8.75. The van der Waals surface area contributed by atoms with E-state index in [1.54, 1.807) is 4.90 Å². The Labute approximate surface area is 112 Å². The van der Waals surface area contributed by atoms with Crippen LogP contribution in [0, 0.1) is 10.1 Å². The fraction of sp³-hybridized carbons (Fsp3) is 0.462. The minimum absolute atomic E-state index is 0.00108. The quantitative estimate of drug-likeness (QED) is 0.673. The number of benzene rings is 1. The van der Waals surface area contributed by atoms with Gasteiger partial charge in [-0.05, 0) is 39.8 Å². The Morgan fingerprint density at radius 3 is 2.21 bits per heavy atom. The fourth-order valence-electron chi connectivity index (χ4n) is 1.78. The summed E-state index contributed by atoms with van der Waals surface area (Å²) in [5, 5.41) is 13.3. The number of hydrogen-bond donors (Lipinski definition) is 1. The van der Waals surface area contributed by atoms with Crippen LogP contribution >= 0.6 is 0 Å². The summed E-state index contributed by atoms with van der Waals surface area (Å²) in [6, 6.07) is 5.55. The van der Waals surface area contributed by atoms with E-state index in [0.29, 0.717) is 12.2 Å². The Bertz CT molecular complexity index is 463. The lowest BCUT2D eigenvalue weighted by molar-refractivity contribution is -0.384. The van der Waals surface area contributed by atoms with E-state index < -0.39 is 4.92 Å². The summed E-state index contributed by atoms with van der Waals surface area (Å²) in [4.78, 5) is 23.8. The zero-order valence-electron chi connectivity index (χ0n) is 11.6. The number of urea groups is 1. The van der Waals surface area contributed by atoms with Gasteiger partial charge in [0.15, 0.2) is 0 Å². The number of amides is 2. The van der Waals surface area contributed by atoms with Crippen LogP contribution in [0.4, 0.5) is 16.2 Å². The van der Waals surface area contributed by atoms with E-state index in [1.165, 1.54) is 24.3 Å². The molecule has 0 aliphatic carbocycles. The summed E-state index contributed by atoms with van der Waals surface area (Å²) in [7, 11) is 0. The normalized spacial score (nSPS) is 10.9. The standard InChI is InChI=1S/C13H19N3O3/c1-5-15(13(2,3)4)12(17)14-10-6-8-11(9-7-10)16(18)19/h6-9H,5H2,1-4H3,(H,14,17). The van der Waals surface area contributed by atoms with Gasteiger partial charge >= 0.3 is 6.03 Å². The van der Waals surface area contributed by atoms with E-state index in [0.717, 1.165) is 0 Å². The van der Waals surface area contributed by atoms with Crippen LogP contribution in [0.1, 0.15) is 27.7 Å². The van der Waals surface area contributed by atoms with Gasteiger partial charge in [0.1, 0.15) is 0 Å². The van der Waals surface area contributed by atoms with Crippen LogP contribution in [0.3, 0.4) is 0 Å². The molecule has 6 heteroatoms. The van der Waals surface area contributed by atoms with E-state index in [4.69, 9.17) is 0 Å². The minimum atomic E-state index is -0.473. The zero-order chi connectivity index (χ0) is 14.6. The highest BCUT2D eigenvalue weighted by molar-refractivity contribution is 5.89. The highest BCUT2D eigenvalue weighted by Gasteiger charge is 2.24. The molecule has 0 bridgehead atoms. The average Bonchev–Trinajstić information content (AvgIpc) is 2.28. The summed E-state index contributed by atoms with van der Waals surface area (Å²) >= 11 is 0. The molecule has 0 aliphatic heterocycles. The monoisotopic (exact) mass is 265 g/mol. The highest BCUT2D eigenvalue weighted by atomic mass is 16.6. The third-order valence-electron chi connectivity index (χ3n) is 2.70. The third-order valence-corrected chi connectivity index (χ3v) is 2.70. The van der Waals surface area contributed by atoms with Crippen LogP contribution in [0.2, 0.25) is 0 Å². The van der Waals surface area contributed by atoms with Crippen molar-refractivity contribution in [2.24, 2.45) is 0 Å². The molecule has 1 aromatic rings. The van der Waals surface area contributed by atoms with Gasteiger partial charge in [0.05, 0.1) is 4.92 Å². The Morgan fingerprint density at radius 1 is 1.32 bits per heavy atom. The van der Waals surface area contributed by atoms with Crippen molar-refractivity contribution in [2.45, 2.75) is 33.2 Å². The van der Waals surface area contributed by atoms with Crippen LogP contribution in [-0.2, 0) is 0 Å². The predicted molar refractivity (Wildman–Crippen MR) is 74.2 cm³/mol. The van der Waals surface area contributed by atoms with Crippen LogP contribution < -0.4 is 5.32 Å². The summed E-state index contributed by atoms with van der Waals surface area (Å²) in [6.07, 6.45) is 0. The Kier molecular flexibility index (Phi) is 4.47. The molecule has 0 aromatic heterocycles. The van der Waals surface area contributed by atoms with Crippen molar-refractivity contribution < 1.29 is 9.72 Å². The molecule has 1 N–H and O–H groups in total. The molecule has 19 heavy (non-hydrogen) atoms. The first kappa shape index (κ1) is 14.9. The Balaban J connectivity index is 2.79. The molecule has 0 atom stereocenters. The third kappa shape index (κ3) is 3.94. The second-order valence-electron chi connectivity index (χ2n) is 5.15. The molecule has 0 saturated heterocycles. The lowest BCUT2D eigenvalue weighted by Gasteiger charge is -2.34. The summed E-state index contributed by atoms with van der Waals surface area (Å²) in [5.74, 6) is 0. The molecule has 0 radical (unpaired) electrons. The average molecular weight is 265 g/mol. The largest absolute Gasteiger partial charge is 0.322 e. The van der Waals surface area contributed by atoms with Crippen LogP contribution in [0.5, 0.6) is 0 Å². The lowest BCUT2D eigenvalue weighted by atomic mass is 10.1. The molecule has 1 rings (SSSR count). The van der Waals surface area contributed by atoms with E-state index in [-0.39, 0.29) is 17.3 Å². The molecule has 6 nitrogen and oxygen atoms in total. The topological polar surface area (TPSA) is 75.5 Å². The Morgan fingerprint density at radius 2 is 1.84 bits per heavy atom. The van der Waals surface area contributed by atoms with Gasteiger partial charge < -0.3 is 10.2 Å². The number of carbonyl (C=O) groups is 1. The number of carbonyl (C=O) groups excluding carboxylic acids is 1. The summed E-state index contributed by atoms with van der Waals surface area (Å²) in [6.45, 7) is 8.34. The van der Waals surface area contributed by atoms with Crippen LogP contribution in [-0.4, -0.2) is 27.9 Å². The molecule has 0 heterocycles. The van der Waals surface area contributed by atoms with E-state index in [9.17, 15) is 14.9 Å². The van der Waals surface area contributed by atoms with Gasteiger partial charge in [-0.3, -0.25) is 10.1 Å². The maximum atomic E-state index is 12.1. The van der Waals surface area contributed by atoms with Gasteiger partial charge in [0, 0.05) is 29.9 Å². The number of rotatable bonds is 3. The van der Waals surface area contributed by atoms with E-state index in [1.807, 2.05) is 27.7 Å². The van der Waals surface area contributed by atoms with Gasteiger partial charge in [-0.2, -0.15) is 0 Å². The van der Waals surface area contributed by atoms with Crippen molar-refractivity contribution >= 4 is 17.4 Å². The maximum absolute atomic E-state index is 12.1. The molecule has 0 saturated carbocycles. The lowest BCUT2D eigenvalue weighted by Crippen LogP contribution is -2.47. The molecular formula is C13H19N3O3. The van der Waals surface area contributed by atoms with Gasteiger partial charge in [0.25, 0.3) is 5.69 Å². The fourth-order valence-corrected chi connectivity index (χ4v) is 1.78. The number of nitrogens with zero attached hydrogens (tertiary/aromatic N) is 2.